The molecule has 3 aromatic heterocycles. The van der Waals surface area contributed by atoms with Crippen molar-refractivity contribution in [3.05, 3.63) is 54.7 Å². The molecule has 0 atom stereocenters. The summed E-state index contributed by atoms with van der Waals surface area (Å²) in [6.07, 6.45) is 3.61. The molecule has 0 aliphatic heterocycles. The molecular weight excluding hydrogens is 383 g/mol. The molecule has 0 aliphatic rings. The molecule has 4 rings (SSSR count). The smallest absolute Gasteiger partial charge is 0.156 e. The second kappa shape index (κ2) is 7.87. The Hall–Kier alpha value is -3.26. The van der Waals surface area contributed by atoms with Crippen molar-refractivity contribution >= 4 is 11.5 Å². The Morgan fingerprint density at radius 3 is 2.57 bits per heavy atom. The summed E-state index contributed by atoms with van der Waals surface area (Å²) in [4.78, 5) is 9.06. The molecule has 1 aromatic carbocycles. The van der Waals surface area contributed by atoms with Crippen molar-refractivity contribution in [3.8, 4) is 22.6 Å². The lowest BCUT2D eigenvalue weighted by molar-refractivity contribution is -0.00670. The molecule has 156 valence electrons. The third kappa shape index (κ3) is 4.18. The lowest BCUT2D eigenvalue weighted by Crippen LogP contribution is -2.22. The van der Waals surface area contributed by atoms with Crippen LogP contribution < -0.4 is 5.32 Å². The number of hydrogen-bond donors (Lipinski definition) is 1. The van der Waals surface area contributed by atoms with Crippen LogP contribution in [0, 0.1) is 5.82 Å². The van der Waals surface area contributed by atoms with Gasteiger partial charge >= 0.3 is 0 Å². The van der Waals surface area contributed by atoms with Crippen molar-refractivity contribution in [1.29, 1.82) is 0 Å². The molecule has 0 amide bonds. The van der Waals surface area contributed by atoms with E-state index in [1.807, 2.05) is 50.7 Å². The molecular formula is C22H25FN6O. The number of ether oxygens (including phenoxy) is 1. The van der Waals surface area contributed by atoms with E-state index in [0.717, 1.165) is 34.1 Å². The summed E-state index contributed by atoms with van der Waals surface area (Å²) in [5.74, 6) is 0.460. The Balaban J connectivity index is 1.78. The van der Waals surface area contributed by atoms with Gasteiger partial charge in [-0.3, -0.25) is 0 Å². The van der Waals surface area contributed by atoms with Gasteiger partial charge in [0.2, 0.25) is 0 Å². The van der Waals surface area contributed by atoms with Crippen molar-refractivity contribution in [2.24, 2.45) is 0 Å². The summed E-state index contributed by atoms with van der Waals surface area (Å²) in [6, 6.07) is 10.2. The summed E-state index contributed by atoms with van der Waals surface area (Å²) < 4.78 is 23.1. The average Bonchev–Trinajstić information content (AvgIpc) is 3.30. The van der Waals surface area contributed by atoms with Gasteiger partial charge in [-0.15, -0.1) is 0 Å². The zero-order valence-electron chi connectivity index (χ0n) is 17.6. The molecule has 7 nitrogen and oxygen atoms in total. The van der Waals surface area contributed by atoms with Crippen LogP contribution in [-0.4, -0.2) is 43.4 Å². The second-order valence-corrected chi connectivity index (χ2v) is 8.00. The zero-order chi connectivity index (χ0) is 21.3. The SMILES string of the molecule is CNc1cn2nc(-c3c(-c4ccc(F)cc4)ncn3CCOC(C)(C)C)ccc2n1. The van der Waals surface area contributed by atoms with Gasteiger partial charge in [0.05, 0.1) is 36.1 Å². The second-order valence-electron chi connectivity index (χ2n) is 8.00. The summed E-state index contributed by atoms with van der Waals surface area (Å²) >= 11 is 0. The first-order chi connectivity index (χ1) is 14.3. The maximum Gasteiger partial charge on any atom is 0.156 e. The standard InChI is InChI=1S/C22H25FN6O/c1-22(2,3)30-12-11-28-14-25-20(15-5-7-16(23)8-6-15)21(28)17-9-10-19-26-18(24-4)13-29(19)27-17/h5-10,13-14,24H,11-12H2,1-4H3. The van der Waals surface area contributed by atoms with Gasteiger partial charge in [-0.25, -0.2) is 18.9 Å². The van der Waals surface area contributed by atoms with E-state index >= 15 is 0 Å². The van der Waals surface area contributed by atoms with E-state index in [1.54, 1.807) is 23.0 Å². The molecule has 8 heteroatoms. The first kappa shape index (κ1) is 20.0. The van der Waals surface area contributed by atoms with Crippen LogP contribution in [0.2, 0.25) is 0 Å². The maximum absolute atomic E-state index is 13.4. The molecule has 0 saturated heterocycles. The van der Waals surface area contributed by atoms with Crippen molar-refractivity contribution in [3.63, 3.8) is 0 Å². The number of hydrogen-bond acceptors (Lipinski definition) is 5. The van der Waals surface area contributed by atoms with E-state index in [1.165, 1.54) is 12.1 Å². The average molecular weight is 408 g/mol. The Kier molecular flexibility index (Phi) is 5.26. The van der Waals surface area contributed by atoms with Crippen LogP contribution in [0.1, 0.15) is 20.8 Å². The third-order valence-corrected chi connectivity index (χ3v) is 4.64. The van der Waals surface area contributed by atoms with E-state index in [-0.39, 0.29) is 11.4 Å². The molecule has 0 bridgehead atoms. The molecule has 3 heterocycles. The minimum absolute atomic E-state index is 0.224. The van der Waals surface area contributed by atoms with Crippen molar-refractivity contribution in [2.45, 2.75) is 32.9 Å². The summed E-state index contributed by atoms with van der Waals surface area (Å²) in [6.45, 7) is 7.23. The third-order valence-electron chi connectivity index (χ3n) is 4.64. The Morgan fingerprint density at radius 2 is 1.87 bits per heavy atom. The number of nitrogens with one attached hydrogen (secondary N) is 1. The lowest BCUT2D eigenvalue weighted by atomic mass is 10.1. The van der Waals surface area contributed by atoms with Crippen LogP contribution in [0.5, 0.6) is 0 Å². The molecule has 0 radical (unpaired) electrons. The normalized spacial score (nSPS) is 11.9. The minimum Gasteiger partial charge on any atom is -0.374 e. The first-order valence-corrected chi connectivity index (χ1v) is 9.83. The number of anilines is 1. The molecule has 0 unspecified atom stereocenters. The molecule has 30 heavy (non-hydrogen) atoms. The van der Waals surface area contributed by atoms with Gasteiger partial charge in [0.25, 0.3) is 0 Å². The molecule has 0 fully saturated rings. The molecule has 0 aliphatic carbocycles. The van der Waals surface area contributed by atoms with Crippen molar-refractivity contribution in [1.82, 2.24) is 24.1 Å². The fourth-order valence-corrected chi connectivity index (χ4v) is 3.22. The van der Waals surface area contributed by atoms with E-state index in [9.17, 15) is 4.39 Å². The number of nitrogens with zero attached hydrogens (tertiary/aromatic N) is 5. The predicted octanol–water partition coefficient (Wildman–Crippen LogP) is 4.26. The Labute approximate surface area is 174 Å². The summed E-state index contributed by atoms with van der Waals surface area (Å²) in [5, 5.41) is 7.77. The number of fused-ring (bicyclic) bond motifs is 1. The van der Waals surface area contributed by atoms with Gasteiger partial charge in [0.15, 0.2) is 5.65 Å². The number of halogens is 1. The largest absolute Gasteiger partial charge is 0.374 e. The van der Waals surface area contributed by atoms with Gasteiger partial charge in [-0.2, -0.15) is 5.10 Å². The number of rotatable bonds is 6. The molecule has 0 saturated carbocycles. The van der Waals surface area contributed by atoms with E-state index in [0.29, 0.717) is 13.2 Å². The fraction of sp³-hybridized carbons (Fsp3) is 0.318. The van der Waals surface area contributed by atoms with Crippen LogP contribution in [0.3, 0.4) is 0 Å². The number of aromatic nitrogens is 5. The highest BCUT2D eigenvalue weighted by atomic mass is 19.1. The van der Waals surface area contributed by atoms with Gasteiger partial charge in [0, 0.05) is 19.2 Å². The first-order valence-electron chi connectivity index (χ1n) is 9.83. The van der Waals surface area contributed by atoms with Crippen molar-refractivity contribution < 1.29 is 9.13 Å². The van der Waals surface area contributed by atoms with Gasteiger partial charge in [-0.05, 0) is 57.2 Å². The highest BCUT2D eigenvalue weighted by Gasteiger charge is 2.18. The Morgan fingerprint density at radius 1 is 1.10 bits per heavy atom. The van der Waals surface area contributed by atoms with Crippen LogP contribution in [0.25, 0.3) is 28.3 Å². The maximum atomic E-state index is 13.4. The summed E-state index contributed by atoms with van der Waals surface area (Å²) in [7, 11) is 1.82. The quantitative estimate of drug-likeness (QED) is 0.516. The zero-order valence-corrected chi connectivity index (χ0v) is 17.6. The molecule has 1 N–H and O–H groups in total. The minimum atomic E-state index is -0.282. The highest BCUT2D eigenvalue weighted by Crippen LogP contribution is 2.30. The summed E-state index contributed by atoms with van der Waals surface area (Å²) in [5.41, 5.74) is 3.68. The van der Waals surface area contributed by atoms with Crippen molar-refractivity contribution in [2.75, 3.05) is 19.0 Å². The van der Waals surface area contributed by atoms with Gasteiger partial charge in [0.1, 0.15) is 17.3 Å². The Bertz CT molecular complexity index is 1160. The fourth-order valence-electron chi connectivity index (χ4n) is 3.22. The highest BCUT2D eigenvalue weighted by molar-refractivity contribution is 5.77. The van der Waals surface area contributed by atoms with E-state index in [2.05, 4.69) is 15.3 Å². The van der Waals surface area contributed by atoms with Gasteiger partial charge < -0.3 is 14.6 Å². The molecule has 0 spiro atoms. The predicted molar refractivity (Wildman–Crippen MR) is 115 cm³/mol. The van der Waals surface area contributed by atoms with Crippen LogP contribution >= 0.6 is 0 Å². The number of imidazole rings is 2. The van der Waals surface area contributed by atoms with Crippen LogP contribution in [-0.2, 0) is 11.3 Å². The van der Waals surface area contributed by atoms with Crippen LogP contribution in [0.15, 0.2) is 48.9 Å². The van der Waals surface area contributed by atoms with Crippen LogP contribution in [0.4, 0.5) is 10.2 Å². The monoisotopic (exact) mass is 408 g/mol. The topological polar surface area (TPSA) is 69.3 Å². The number of benzene rings is 1. The lowest BCUT2D eigenvalue weighted by Gasteiger charge is -2.20. The van der Waals surface area contributed by atoms with E-state index < -0.39 is 0 Å². The van der Waals surface area contributed by atoms with Gasteiger partial charge in [-0.1, -0.05) is 0 Å². The van der Waals surface area contributed by atoms with E-state index in [4.69, 9.17) is 9.84 Å². The molecule has 4 aromatic rings.